The Balaban J connectivity index is -0.0000000776. The van der Waals surface area contributed by atoms with Crippen LogP contribution >= 0.6 is 37.3 Å². The van der Waals surface area contributed by atoms with E-state index < -0.39 is 54.3 Å². The predicted octanol–water partition coefficient (Wildman–Crippen LogP) is 3.77. The second-order valence-electron chi connectivity index (χ2n) is 9.54. The van der Waals surface area contributed by atoms with E-state index in [4.69, 9.17) is 19.6 Å². The zero-order chi connectivity index (χ0) is 30.4. The van der Waals surface area contributed by atoms with Gasteiger partial charge in [-0.1, -0.05) is 84.3 Å². The third-order valence-electron chi connectivity index (χ3n) is 4.16. The van der Waals surface area contributed by atoms with Gasteiger partial charge in [-0.2, -0.15) is 0 Å². The lowest BCUT2D eigenvalue weighted by atomic mass is 10.6. The molecule has 0 aliphatic rings. The zero-order valence-electron chi connectivity index (χ0n) is 23.2. The molecule has 0 heterocycles. The first kappa shape index (κ1) is 49.8. The monoisotopic (exact) mass is 627 g/mol. The van der Waals surface area contributed by atoms with Gasteiger partial charge in [0.1, 0.15) is 7.60 Å². The fraction of sp³-hybridized carbons (Fsp3) is 1.00. The van der Waals surface area contributed by atoms with Crippen molar-refractivity contribution in [2.24, 2.45) is 0 Å². The van der Waals surface area contributed by atoms with Crippen molar-refractivity contribution >= 4 is 37.3 Å². The van der Waals surface area contributed by atoms with Crippen molar-refractivity contribution < 1.29 is 57.1 Å². The van der Waals surface area contributed by atoms with Crippen LogP contribution in [0.2, 0.25) is 0 Å². The minimum Gasteiger partial charge on any atom is -0.811 e. The van der Waals surface area contributed by atoms with E-state index in [9.17, 15) is 37.5 Å². The van der Waals surface area contributed by atoms with Gasteiger partial charge in [-0.25, -0.2) is 0 Å². The Kier molecular flexibility index (Phi) is 28.7. The van der Waals surface area contributed by atoms with Crippen molar-refractivity contribution in [3.8, 4) is 0 Å². The summed E-state index contributed by atoms with van der Waals surface area (Å²) in [6.07, 6.45) is 0. The van der Waals surface area contributed by atoms with Crippen molar-refractivity contribution in [1.82, 2.24) is 0 Å². The second kappa shape index (κ2) is 20.7. The smallest absolute Gasteiger partial charge is 0.328 e. The van der Waals surface area contributed by atoms with Crippen LogP contribution in [-0.4, -0.2) is 67.9 Å². The minimum atomic E-state index is -4.24. The molecule has 17 heteroatoms. The lowest BCUT2D eigenvalue weighted by molar-refractivity contribution is -0.316. The van der Waals surface area contributed by atoms with Crippen molar-refractivity contribution in [2.45, 2.75) is 105 Å². The maximum atomic E-state index is 10.9. The minimum absolute atomic E-state index is 0. The number of rotatable bonds is 5. The van der Waals surface area contributed by atoms with Gasteiger partial charge in [0.05, 0.1) is 12.8 Å². The third-order valence-corrected chi connectivity index (χ3v) is 12.5. The molecule has 0 saturated heterocycles. The molecule has 0 amide bonds. The average molecular weight is 627 g/mol. The molecule has 2 atom stereocenters. The van der Waals surface area contributed by atoms with Gasteiger partial charge in [0.15, 0.2) is 7.37 Å². The molecule has 0 rings (SSSR count). The quantitative estimate of drug-likeness (QED) is 0.319. The summed E-state index contributed by atoms with van der Waals surface area (Å²) in [7, 11) is -16.4. The van der Waals surface area contributed by atoms with E-state index in [-0.39, 0.29) is 13.1 Å². The van der Waals surface area contributed by atoms with Crippen molar-refractivity contribution in [1.29, 1.82) is 0 Å². The molecule has 0 aliphatic heterocycles. The van der Waals surface area contributed by atoms with Crippen LogP contribution in [0.3, 0.4) is 0 Å². The highest BCUT2D eigenvalue weighted by Gasteiger charge is 2.17. The maximum Gasteiger partial charge on any atom is 0.328 e. The Bertz CT molecular complexity index is 613. The molecule has 0 aromatic carbocycles. The third kappa shape index (κ3) is 42.0. The summed E-state index contributed by atoms with van der Waals surface area (Å²) in [5.74, 6) is 0. The van der Waals surface area contributed by atoms with Crippen molar-refractivity contribution in [2.75, 3.05) is 20.0 Å². The van der Waals surface area contributed by atoms with Crippen molar-refractivity contribution in [3.63, 3.8) is 0 Å². The Morgan fingerprint density at radius 1 is 0.500 bits per heavy atom. The normalized spacial score (nSPS) is 15.0. The van der Waals surface area contributed by atoms with Crippen LogP contribution in [0.4, 0.5) is 0 Å². The fourth-order valence-corrected chi connectivity index (χ4v) is 0. The van der Waals surface area contributed by atoms with Crippen LogP contribution in [0, 0.1) is 0 Å². The molecule has 0 aromatic rings. The van der Waals surface area contributed by atoms with Crippen LogP contribution < -0.4 is 14.7 Å². The van der Waals surface area contributed by atoms with E-state index in [1.807, 2.05) is 27.2 Å². The topological polar surface area (TPSA) is 235 Å². The van der Waals surface area contributed by atoms with Gasteiger partial charge in [-0.05, 0) is 19.0 Å². The van der Waals surface area contributed by atoms with Crippen LogP contribution in [-0.2, 0) is 22.8 Å². The molecule has 0 saturated carbocycles. The Morgan fingerprint density at radius 2 is 0.639 bits per heavy atom. The summed E-state index contributed by atoms with van der Waals surface area (Å²) >= 11 is 0. The fourth-order valence-electron chi connectivity index (χ4n) is 0. The lowest BCUT2D eigenvalue weighted by Crippen LogP contribution is -2.21. The first-order chi connectivity index (χ1) is 14.7. The van der Waals surface area contributed by atoms with E-state index in [1.165, 1.54) is 48.2 Å². The highest BCUT2D eigenvalue weighted by molar-refractivity contribution is 7.63. The molecular weight excluding hydrogens is 575 g/mol. The SMILES string of the molecule is C.CC(C)P(=O)(O)O.CC(C)P(=O)([O-])O.CC(C)P(=O)([O-])[O-].CC(C)P(C)(=O)O.CC(C)P(C)(C)=O. The first-order valence-electron chi connectivity index (χ1n) is 10.7. The standard InChI is InChI=1S/C5H13OP.C4H11O2P.3C3H9O3P.CH4/c1-5(2)7(3,4)6;1-4(2)7(3,5)6;3*1-3(2)7(4,5)6;/h5H,1-4H3;4H,1-3H3,(H,5,6);3*3H,1-2H3,(H2,4,5,6);1H4/p-3. The number of hydrogen-bond acceptors (Lipinski definition) is 8. The van der Waals surface area contributed by atoms with Gasteiger partial charge in [-0.3, -0.25) is 9.13 Å². The molecule has 0 radical (unpaired) electrons. The molecule has 36 heavy (non-hydrogen) atoms. The maximum absolute atomic E-state index is 10.9. The molecule has 2 unspecified atom stereocenters. The van der Waals surface area contributed by atoms with Gasteiger partial charge in [-0.15, -0.1) is 0 Å². The summed E-state index contributed by atoms with van der Waals surface area (Å²) in [5, 5.41) is 0. The van der Waals surface area contributed by atoms with E-state index >= 15 is 0 Å². The highest BCUT2D eigenvalue weighted by atomic mass is 31.2. The average Bonchev–Trinajstić information content (AvgIpc) is 2.52. The molecule has 4 N–H and O–H groups in total. The van der Waals surface area contributed by atoms with E-state index in [2.05, 4.69) is 0 Å². The predicted molar refractivity (Wildman–Crippen MR) is 147 cm³/mol. The number of hydrogen-bond donors (Lipinski definition) is 4. The summed E-state index contributed by atoms with van der Waals surface area (Å²) in [6.45, 7) is 21.0. The van der Waals surface area contributed by atoms with E-state index in [0.29, 0.717) is 5.66 Å². The summed E-state index contributed by atoms with van der Waals surface area (Å²) in [6, 6.07) is 0. The largest absolute Gasteiger partial charge is 0.811 e. The van der Waals surface area contributed by atoms with Crippen LogP contribution in [0.25, 0.3) is 0 Å². The van der Waals surface area contributed by atoms with Gasteiger partial charge in [0.25, 0.3) is 0 Å². The Labute approximate surface area is 219 Å². The van der Waals surface area contributed by atoms with Gasteiger partial charge in [0.2, 0.25) is 0 Å². The Hall–Kier alpha value is 0.870. The molecule has 0 spiro atoms. The van der Waals surface area contributed by atoms with Gasteiger partial charge >= 0.3 is 7.60 Å². The zero-order valence-corrected chi connectivity index (χ0v) is 27.6. The van der Waals surface area contributed by atoms with Gasteiger partial charge in [0, 0.05) is 23.6 Å². The molecule has 0 fully saturated rings. The summed E-state index contributed by atoms with van der Waals surface area (Å²) in [5.41, 5.74) is -1.67. The molecular formula is C19H52O12P5-3. The molecule has 0 bridgehead atoms. The summed E-state index contributed by atoms with van der Waals surface area (Å²) in [4.78, 5) is 62.7. The van der Waals surface area contributed by atoms with Crippen LogP contribution in [0.15, 0.2) is 0 Å². The van der Waals surface area contributed by atoms with Crippen molar-refractivity contribution in [3.05, 3.63) is 0 Å². The van der Waals surface area contributed by atoms with E-state index in [1.54, 1.807) is 13.8 Å². The molecule has 12 nitrogen and oxygen atoms in total. The highest BCUT2D eigenvalue weighted by Crippen LogP contribution is 2.42. The van der Waals surface area contributed by atoms with Crippen LogP contribution in [0.1, 0.15) is 76.7 Å². The van der Waals surface area contributed by atoms with Gasteiger partial charge < -0.3 is 47.9 Å². The lowest BCUT2D eigenvalue weighted by Gasteiger charge is -2.33. The second-order valence-corrected chi connectivity index (χ2v) is 22.8. The summed E-state index contributed by atoms with van der Waals surface area (Å²) < 4.78 is 51.1. The van der Waals surface area contributed by atoms with Crippen LogP contribution in [0.5, 0.6) is 0 Å². The van der Waals surface area contributed by atoms with E-state index in [0.717, 1.165) is 0 Å². The Morgan fingerprint density at radius 3 is 0.639 bits per heavy atom. The molecule has 0 aromatic heterocycles. The molecule has 228 valence electrons. The molecule has 0 aliphatic carbocycles. The first-order valence-corrected chi connectivity index (χ1v) is 20.5.